The Morgan fingerprint density at radius 3 is 2.50 bits per heavy atom. The van der Waals surface area contributed by atoms with E-state index in [1.165, 1.54) is 5.56 Å². The quantitative estimate of drug-likeness (QED) is 0.712. The van der Waals surface area contributed by atoms with Crippen LogP contribution in [0.15, 0.2) is 59.6 Å². The van der Waals surface area contributed by atoms with Crippen molar-refractivity contribution in [3.8, 4) is 17.1 Å². The Morgan fingerprint density at radius 1 is 1.05 bits per heavy atom. The highest BCUT2D eigenvalue weighted by molar-refractivity contribution is 7.04. The summed E-state index contributed by atoms with van der Waals surface area (Å²) in [6, 6.07) is 19.0. The lowest BCUT2D eigenvalue weighted by molar-refractivity contribution is 0.801. The molecule has 3 nitrogen and oxygen atoms in total. The van der Waals surface area contributed by atoms with Crippen molar-refractivity contribution in [1.29, 1.82) is 0 Å². The molecule has 0 saturated heterocycles. The Morgan fingerprint density at radius 2 is 1.82 bits per heavy atom. The maximum absolute atomic E-state index is 4.74. The Bertz CT molecular complexity index is 829. The van der Waals surface area contributed by atoms with Gasteiger partial charge < -0.3 is 0 Å². The lowest BCUT2D eigenvalue weighted by Gasteiger charge is -2.07. The highest BCUT2D eigenvalue weighted by Crippen LogP contribution is 2.22. The van der Waals surface area contributed by atoms with E-state index < -0.39 is 0 Å². The summed E-state index contributed by atoms with van der Waals surface area (Å²) in [6.45, 7) is 6.24. The van der Waals surface area contributed by atoms with Crippen molar-refractivity contribution in [1.82, 2.24) is 8.94 Å². The number of aryl methyl sites for hydroxylation is 1. The van der Waals surface area contributed by atoms with Crippen molar-refractivity contribution < 1.29 is 0 Å². The Balaban J connectivity index is 2.22. The van der Waals surface area contributed by atoms with Crippen molar-refractivity contribution in [2.45, 2.75) is 26.8 Å². The number of rotatable bonds is 3. The topological polar surface area (TPSA) is 30.2 Å². The van der Waals surface area contributed by atoms with Crippen LogP contribution >= 0.6 is 11.5 Å². The van der Waals surface area contributed by atoms with E-state index in [9.17, 15) is 0 Å². The summed E-state index contributed by atoms with van der Waals surface area (Å²) in [4.78, 5) is 10.2. The molecule has 0 fully saturated rings. The maximum atomic E-state index is 4.74. The molecule has 0 bridgehead atoms. The van der Waals surface area contributed by atoms with Gasteiger partial charge in [0.05, 0.1) is 5.69 Å². The highest BCUT2D eigenvalue weighted by Gasteiger charge is 2.11. The molecule has 1 heterocycles. The van der Waals surface area contributed by atoms with Crippen molar-refractivity contribution >= 4 is 11.5 Å². The van der Waals surface area contributed by atoms with E-state index in [-0.39, 0.29) is 6.04 Å². The largest absolute Gasteiger partial charge is 0.253 e. The summed E-state index contributed by atoms with van der Waals surface area (Å²) in [6.07, 6.45) is 0. The first-order chi connectivity index (χ1) is 10.6. The molecule has 3 aromatic rings. The zero-order valence-corrected chi connectivity index (χ0v) is 13.8. The van der Waals surface area contributed by atoms with Gasteiger partial charge in [-0.3, -0.25) is 4.99 Å². The predicted octanol–water partition coefficient (Wildman–Crippen LogP) is 4.22. The molecule has 0 aliphatic heterocycles. The molecule has 0 spiro atoms. The van der Waals surface area contributed by atoms with Crippen LogP contribution in [-0.2, 0) is 0 Å². The van der Waals surface area contributed by atoms with Gasteiger partial charge in [-0.15, -0.1) is 0 Å². The van der Waals surface area contributed by atoms with Gasteiger partial charge in [-0.05, 0) is 50.0 Å². The second-order valence-corrected chi connectivity index (χ2v) is 6.44. The van der Waals surface area contributed by atoms with Crippen LogP contribution in [0.4, 0.5) is 0 Å². The van der Waals surface area contributed by atoms with Crippen molar-refractivity contribution in [3.05, 3.63) is 65.0 Å². The summed E-state index contributed by atoms with van der Waals surface area (Å²) in [5.41, 5.74) is 3.46. The molecule has 112 valence electrons. The Kier molecular flexibility index (Phi) is 4.20. The van der Waals surface area contributed by atoms with Gasteiger partial charge in [-0.2, -0.15) is 4.98 Å². The monoisotopic (exact) mass is 309 g/mol. The fourth-order valence-electron chi connectivity index (χ4n) is 2.25. The summed E-state index contributed by atoms with van der Waals surface area (Å²) >= 11 is 1.58. The predicted molar refractivity (Wildman–Crippen MR) is 92.3 cm³/mol. The van der Waals surface area contributed by atoms with Crippen molar-refractivity contribution in [2.24, 2.45) is 4.99 Å². The zero-order valence-electron chi connectivity index (χ0n) is 13.0. The standard InChI is InChI=1S/C18H19N3S/c1-13(2)19-18-20-17(15-9-5-4-6-10-15)21(22-18)16-11-7-8-14(3)12-16/h4-13H,1-3H3. The lowest BCUT2D eigenvalue weighted by atomic mass is 10.2. The average molecular weight is 309 g/mol. The first-order valence-electron chi connectivity index (χ1n) is 7.40. The van der Waals surface area contributed by atoms with Crippen LogP contribution < -0.4 is 4.80 Å². The van der Waals surface area contributed by atoms with Gasteiger partial charge in [-0.25, -0.2) is 3.96 Å². The van der Waals surface area contributed by atoms with Gasteiger partial charge in [0.25, 0.3) is 0 Å². The van der Waals surface area contributed by atoms with E-state index >= 15 is 0 Å². The first-order valence-corrected chi connectivity index (χ1v) is 8.17. The third-order valence-electron chi connectivity index (χ3n) is 3.20. The van der Waals surface area contributed by atoms with Gasteiger partial charge in [0.2, 0.25) is 4.80 Å². The van der Waals surface area contributed by atoms with E-state index in [2.05, 4.69) is 66.1 Å². The minimum atomic E-state index is 0.237. The maximum Gasteiger partial charge on any atom is 0.223 e. The summed E-state index contributed by atoms with van der Waals surface area (Å²) in [7, 11) is 0. The molecule has 0 unspecified atom stereocenters. The minimum Gasteiger partial charge on any atom is -0.253 e. The van der Waals surface area contributed by atoms with Crippen LogP contribution in [0.25, 0.3) is 17.1 Å². The van der Waals surface area contributed by atoms with E-state index in [0.717, 1.165) is 21.9 Å². The van der Waals surface area contributed by atoms with E-state index in [1.807, 2.05) is 18.2 Å². The van der Waals surface area contributed by atoms with Crippen molar-refractivity contribution in [2.75, 3.05) is 0 Å². The average Bonchev–Trinajstić information content (AvgIpc) is 2.91. The Labute approximate surface area is 134 Å². The van der Waals surface area contributed by atoms with E-state index in [1.54, 1.807) is 11.5 Å². The molecule has 0 N–H and O–H groups in total. The van der Waals surface area contributed by atoms with Crippen LogP contribution in [0, 0.1) is 6.92 Å². The van der Waals surface area contributed by atoms with Gasteiger partial charge in [0, 0.05) is 11.6 Å². The second-order valence-electron chi connectivity index (χ2n) is 5.53. The Hall–Kier alpha value is -2.20. The van der Waals surface area contributed by atoms with Crippen LogP contribution in [0.1, 0.15) is 19.4 Å². The lowest BCUT2D eigenvalue weighted by Crippen LogP contribution is -2.03. The summed E-state index contributed by atoms with van der Waals surface area (Å²) in [5.74, 6) is 0.940. The molecular weight excluding hydrogens is 290 g/mol. The molecule has 3 rings (SSSR count). The molecule has 0 amide bonds. The summed E-state index contributed by atoms with van der Waals surface area (Å²) in [5, 5.41) is 0. The van der Waals surface area contributed by atoms with Gasteiger partial charge in [0.15, 0.2) is 5.82 Å². The minimum absolute atomic E-state index is 0.237. The molecule has 2 aromatic carbocycles. The molecule has 4 heteroatoms. The number of hydrogen-bond acceptors (Lipinski definition) is 3. The van der Waals surface area contributed by atoms with Crippen LogP contribution in [0.5, 0.6) is 0 Å². The van der Waals surface area contributed by atoms with E-state index in [4.69, 9.17) is 4.98 Å². The third-order valence-corrected chi connectivity index (χ3v) is 4.13. The summed E-state index contributed by atoms with van der Waals surface area (Å²) < 4.78 is 2.16. The van der Waals surface area contributed by atoms with Crippen LogP contribution in [0.2, 0.25) is 0 Å². The number of hydrogen-bond donors (Lipinski definition) is 0. The first kappa shape index (κ1) is 14.7. The number of aromatic nitrogens is 2. The van der Waals surface area contributed by atoms with Gasteiger partial charge in [-0.1, -0.05) is 42.5 Å². The van der Waals surface area contributed by atoms with Crippen LogP contribution in [0.3, 0.4) is 0 Å². The fraction of sp³-hybridized carbons (Fsp3) is 0.222. The third kappa shape index (κ3) is 3.17. The molecule has 1 aromatic heterocycles. The molecule has 0 aliphatic rings. The van der Waals surface area contributed by atoms with Crippen molar-refractivity contribution in [3.63, 3.8) is 0 Å². The van der Waals surface area contributed by atoms with Crippen LogP contribution in [-0.4, -0.2) is 15.0 Å². The molecule has 0 aliphatic carbocycles. The number of benzene rings is 2. The molecule has 0 radical (unpaired) electrons. The van der Waals surface area contributed by atoms with E-state index in [0.29, 0.717) is 0 Å². The molecular formula is C18H19N3S. The molecule has 0 saturated carbocycles. The SMILES string of the molecule is Cc1cccc(-n2sc(=NC(C)C)nc2-c2ccccc2)c1. The normalized spacial score (nSPS) is 12.1. The molecule has 22 heavy (non-hydrogen) atoms. The fourth-order valence-corrected chi connectivity index (χ4v) is 3.25. The van der Waals surface area contributed by atoms with Gasteiger partial charge in [0.1, 0.15) is 0 Å². The number of nitrogens with zero attached hydrogens (tertiary/aromatic N) is 3. The smallest absolute Gasteiger partial charge is 0.223 e. The zero-order chi connectivity index (χ0) is 15.5. The second kappa shape index (κ2) is 6.28. The van der Waals surface area contributed by atoms with Gasteiger partial charge >= 0.3 is 0 Å². The highest BCUT2D eigenvalue weighted by atomic mass is 32.1. The molecule has 0 atom stereocenters.